The Morgan fingerprint density at radius 2 is 0.766 bits per heavy atom. The van der Waals surface area contributed by atoms with Crippen molar-refractivity contribution in [1.82, 2.24) is 0 Å². The molecule has 2 N–H and O–H groups in total. The average Bonchev–Trinajstić information content (AvgIpc) is 3.08. The summed E-state index contributed by atoms with van der Waals surface area (Å²) in [4.78, 5) is 0. The lowest BCUT2D eigenvalue weighted by Gasteiger charge is -2.02. The fourth-order valence-corrected chi connectivity index (χ4v) is 5.18. The molecule has 2 atom stereocenters. The minimum Gasteiger partial charge on any atom is -0.380 e. The van der Waals surface area contributed by atoms with Gasteiger partial charge in [0.05, 0.1) is 0 Å². The molecular weight excluding hydrogens is 572 g/mol. The van der Waals surface area contributed by atoms with Gasteiger partial charge in [-0.15, -0.1) is 12.8 Å². The standard InChI is InChI=1S/C45H68O2/c1-3-5-6-7-8-9-10-11-12-13-14-15-16-17-18-19-20-21-22-23-24-25-26-27-28-29-33-36-39-42-45(47)43-40-37-34-31-30-32-35-38-41-44(46)4-2/h1-2,5-6,20-21,26-27,35,38,44-47H,7-19,22-25,28-34,36-37,41H2. The molecule has 0 spiro atoms. The Kier molecular flexibility index (Phi) is 36.9. The first-order valence-corrected chi connectivity index (χ1v) is 19.1. The van der Waals surface area contributed by atoms with Gasteiger partial charge in [-0.25, -0.2) is 0 Å². The van der Waals surface area contributed by atoms with Gasteiger partial charge in [0.2, 0.25) is 0 Å². The van der Waals surface area contributed by atoms with Crippen LogP contribution in [0.3, 0.4) is 0 Å². The Morgan fingerprint density at radius 1 is 0.426 bits per heavy atom. The van der Waals surface area contributed by atoms with Crippen LogP contribution in [-0.4, -0.2) is 22.4 Å². The molecule has 0 aliphatic carbocycles. The summed E-state index contributed by atoms with van der Waals surface area (Å²) in [6, 6.07) is 0. The summed E-state index contributed by atoms with van der Waals surface area (Å²) >= 11 is 0. The fourth-order valence-electron chi connectivity index (χ4n) is 5.18. The highest BCUT2D eigenvalue weighted by atomic mass is 16.3. The van der Waals surface area contributed by atoms with Crippen molar-refractivity contribution in [3.8, 4) is 48.4 Å². The van der Waals surface area contributed by atoms with Gasteiger partial charge < -0.3 is 10.2 Å². The van der Waals surface area contributed by atoms with Crippen LogP contribution in [0.2, 0.25) is 0 Å². The van der Waals surface area contributed by atoms with Crippen molar-refractivity contribution in [2.24, 2.45) is 0 Å². The lowest BCUT2D eigenvalue weighted by molar-refractivity contribution is 0.236. The predicted molar refractivity (Wildman–Crippen MR) is 206 cm³/mol. The zero-order valence-electron chi connectivity index (χ0n) is 29.9. The van der Waals surface area contributed by atoms with E-state index in [1.165, 1.54) is 103 Å². The van der Waals surface area contributed by atoms with Crippen molar-refractivity contribution >= 4 is 0 Å². The first-order chi connectivity index (χ1) is 23.2. The van der Waals surface area contributed by atoms with E-state index >= 15 is 0 Å². The van der Waals surface area contributed by atoms with E-state index in [-0.39, 0.29) is 0 Å². The van der Waals surface area contributed by atoms with Crippen LogP contribution in [0.1, 0.15) is 173 Å². The van der Waals surface area contributed by atoms with E-state index in [4.69, 9.17) is 12.8 Å². The molecule has 0 aromatic carbocycles. The number of hydrogen-bond acceptors (Lipinski definition) is 2. The van der Waals surface area contributed by atoms with Gasteiger partial charge in [0.25, 0.3) is 0 Å². The number of hydrogen-bond donors (Lipinski definition) is 2. The fraction of sp³-hybridized carbons (Fsp3) is 0.644. The maximum Gasteiger partial charge on any atom is 0.176 e. The second kappa shape index (κ2) is 39.3. The Balaban J connectivity index is 3.42. The summed E-state index contributed by atoms with van der Waals surface area (Å²) in [5, 5.41) is 19.2. The molecule has 0 aliphatic rings. The third-order valence-electron chi connectivity index (χ3n) is 8.07. The summed E-state index contributed by atoms with van der Waals surface area (Å²) in [5.74, 6) is 16.7. The summed E-state index contributed by atoms with van der Waals surface area (Å²) < 4.78 is 0. The highest BCUT2D eigenvalue weighted by Crippen LogP contribution is 2.13. The SMILES string of the molecule is C#CC=CCCCCCCCCCCCCCC=CCCCCC=CCCCCC#CC(O)C#CCCCCCC=CCC(O)C#C. The normalized spacial score (nSPS) is 12.6. The van der Waals surface area contributed by atoms with Crippen LogP contribution >= 0.6 is 0 Å². The van der Waals surface area contributed by atoms with Crippen LogP contribution in [0.5, 0.6) is 0 Å². The van der Waals surface area contributed by atoms with Crippen LogP contribution in [0.15, 0.2) is 48.6 Å². The van der Waals surface area contributed by atoms with Crippen LogP contribution in [0.4, 0.5) is 0 Å². The largest absolute Gasteiger partial charge is 0.380 e. The van der Waals surface area contributed by atoms with Crippen molar-refractivity contribution in [2.45, 2.75) is 186 Å². The number of unbranched alkanes of at least 4 members (excludes halogenated alkanes) is 22. The molecule has 47 heavy (non-hydrogen) atoms. The Hall–Kier alpha value is -2.88. The Labute approximate surface area is 292 Å². The van der Waals surface area contributed by atoms with Gasteiger partial charge in [0.1, 0.15) is 6.10 Å². The zero-order valence-corrected chi connectivity index (χ0v) is 29.9. The molecule has 0 aromatic heterocycles. The van der Waals surface area contributed by atoms with Crippen molar-refractivity contribution in [3.05, 3.63) is 48.6 Å². The number of terminal acetylenes is 2. The second-order valence-corrected chi connectivity index (χ2v) is 12.5. The van der Waals surface area contributed by atoms with Crippen LogP contribution in [-0.2, 0) is 0 Å². The van der Waals surface area contributed by atoms with E-state index < -0.39 is 12.2 Å². The molecular formula is C45H68O2. The van der Waals surface area contributed by atoms with Crippen molar-refractivity contribution < 1.29 is 10.2 Å². The molecule has 0 heterocycles. The lowest BCUT2D eigenvalue weighted by Crippen LogP contribution is -1.98. The van der Waals surface area contributed by atoms with Gasteiger partial charge in [0, 0.05) is 19.3 Å². The van der Waals surface area contributed by atoms with Gasteiger partial charge >= 0.3 is 0 Å². The van der Waals surface area contributed by atoms with E-state index in [0.717, 1.165) is 64.2 Å². The topological polar surface area (TPSA) is 40.5 Å². The summed E-state index contributed by atoms with van der Waals surface area (Å²) in [6.45, 7) is 0. The summed E-state index contributed by atoms with van der Waals surface area (Å²) in [7, 11) is 0. The first kappa shape index (κ1) is 44.1. The third-order valence-corrected chi connectivity index (χ3v) is 8.07. The summed E-state index contributed by atoms with van der Waals surface area (Å²) in [5.41, 5.74) is 0. The van der Waals surface area contributed by atoms with E-state index in [0.29, 0.717) is 6.42 Å². The van der Waals surface area contributed by atoms with E-state index in [9.17, 15) is 10.2 Å². The predicted octanol–water partition coefficient (Wildman–Crippen LogP) is 11.7. The highest BCUT2D eigenvalue weighted by molar-refractivity contribution is 5.19. The smallest absolute Gasteiger partial charge is 0.176 e. The first-order valence-electron chi connectivity index (χ1n) is 19.1. The number of aliphatic hydroxyl groups excluding tert-OH is 2. The Morgan fingerprint density at radius 3 is 1.21 bits per heavy atom. The van der Waals surface area contributed by atoms with Crippen molar-refractivity contribution in [3.63, 3.8) is 0 Å². The minimum absolute atomic E-state index is 0.521. The molecule has 0 fully saturated rings. The molecule has 0 aliphatic heterocycles. The number of allylic oxidation sites excluding steroid dienone is 7. The molecule has 0 saturated heterocycles. The molecule has 2 unspecified atom stereocenters. The Bertz CT molecular complexity index is 1010. The van der Waals surface area contributed by atoms with E-state index in [1.807, 2.05) is 12.2 Å². The zero-order chi connectivity index (χ0) is 34.1. The quantitative estimate of drug-likeness (QED) is 0.0466. The molecule has 0 saturated carbocycles. The van der Waals surface area contributed by atoms with Gasteiger partial charge in [-0.1, -0.05) is 142 Å². The molecule has 0 aromatic rings. The molecule has 0 rings (SSSR count). The monoisotopic (exact) mass is 641 g/mol. The van der Waals surface area contributed by atoms with Crippen LogP contribution < -0.4 is 0 Å². The van der Waals surface area contributed by atoms with Crippen molar-refractivity contribution in [2.75, 3.05) is 0 Å². The van der Waals surface area contributed by atoms with Crippen LogP contribution in [0.25, 0.3) is 0 Å². The third kappa shape index (κ3) is 39.2. The lowest BCUT2D eigenvalue weighted by atomic mass is 10.0. The minimum atomic E-state index is -0.834. The number of rotatable bonds is 30. The molecule has 260 valence electrons. The van der Waals surface area contributed by atoms with E-state index in [2.05, 4.69) is 72.0 Å². The molecule has 0 radical (unpaired) electrons. The van der Waals surface area contributed by atoms with Crippen molar-refractivity contribution in [1.29, 1.82) is 0 Å². The van der Waals surface area contributed by atoms with Crippen LogP contribution in [0, 0.1) is 48.4 Å². The molecule has 0 amide bonds. The number of aliphatic hydroxyl groups is 2. The summed E-state index contributed by atoms with van der Waals surface area (Å²) in [6.07, 6.45) is 58.3. The average molecular weight is 641 g/mol. The second-order valence-electron chi connectivity index (χ2n) is 12.5. The van der Waals surface area contributed by atoms with Gasteiger partial charge in [-0.05, 0) is 96.0 Å². The van der Waals surface area contributed by atoms with E-state index in [1.54, 1.807) is 0 Å². The molecule has 0 bridgehead atoms. The van der Waals surface area contributed by atoms with Gasteiger partial charge in [0.15, 0.2) is 6.10 Å². The molecule has 2 nitrogen and oxygen atoms in total. The van der Waals surface area contributed by atoms with Gasteiger partial charge in [-0.2, -0.15) is 0 Å². The molecule has 2 heteroatoms. The van der Waals surface area contributed by atoms with Gasteiger partial charge in [-0.3, -0.25) is 0 Å². The maximum absolute atomic E-state index is 9.91. The highest BCUT2D eigenvalue weighted by Gasteiger charge is 1.95. The maximum atomic E-state index is 9.91.